The molecule has 1 aromatic rings. The van der Waals surface area contributed by atoms with Crippen LogP contribution in [0.15, 0.2) is 24.3 Å². The Morgan fingerprint density at radius 2 is 1.02 bits per heavy atom. The van der Waals surface area contributed by atoms with Crippen LogP contribution in [-0.4, -0.2) is 152 Å². The molecule has 0 spiro atoms. The molecule has 13 heteroatoms. The SMILES string of the molecule is CCCCOc1ccc(CCCC(C(=O)OC)N2CCN(CC(=O)OC(C)(C)C)CCN(CC(=O)OC(C)(C)C)CCN(CC(=O)OC(C)(C)C)CC2)cc1. The molecule has 1 fully saturated rings. The van der Waals surface area contributed by atoms with Gasteiger partial charge in [0.2, 0.25) is 0 Å². The fraction of sp³-hybridized carbons (Fsp3) is 0.762. The minimum absolute atomic E-state index is 0.0528. The lowest BCUT2D eigenvalue weighted by Gasteiger charge is -2.36. The van der Waals surface area contributed by atoms with E-state index in [4.69, 9.17) is 23.7 Å². The Balaban J connectivity index is 2.36. The highest BCUT2D eigenvalue weighted by Crippen LogP contribution is 2.18. The molecular formula is C42H72N4O9. The zero-order valence-electron chi connectivity index (χ0n) is 35.9. The van der Waals surface area contributed by atoms with Gasteiger partial charge in [0.1, 0.15) is 28.6 Å². The summed E-state index contributed by atoms with van der Waals surface area (Å²) >= 11 is 0. The number of nitrogens with zero attached hydrogens (tertiary/aromatic N) is 4. The monoisotopic (exact) mass is 777 g/mol. The molecule has 1 atom stereocenters. The smallest absolute Gasteiger partial charge is 0.323 e. The van der Waals surface area contributed by atoms with Gasteiger partial charge in [-0.15, -0.1) is 0 Å². The van der Waals surface area contributed by atoms with E-state index in [2.05, 4.69) is 24.0 Å². The minimum atomic E-state index is -0.644. The Labute approximate surface area is 331 Å². The van der Waals surface area contributed by atoms with Crippen LogP contribution in [-0.2, 0) is 44.5 Å². The fourth-order valence-electron chi connectivity index (χ4n) is 6.18. The van der Waals surface area contributed by atoms with Crippen LogP contribution in [0, 0.1) is 0 Å². The third kappa shape index (κ3) is 21.6. The summed E-state index contributed by atoms with van der Waals surface area (Å²) in [5.74, 6) is -0.517. The Morgan fingerprint density at radius 3 is 1.38 bits per heavy atom. The highest BCUT2D eigenvalue weighted by molar-refractivity contribution is 5.75. The van der Waals surface area contributed by atoms with Crippen molar-refractivity contribution >= 4 is 23.9 Å². The number of ether oxygens (including phenoxy) is 5. The van der Waals surface area contributed by atoms with Gasteiger partial charge in [-0.1, -0.05) is 25.5 Å². The largest absolute Gasteiger partial charge is 0.494 e. The maximum Gasteiger partial charge on any atom is 0.323 e. The summed E-state index contributed by atoms with van der Waals surface area (Å²) in [6, 6.07) is 7.58. The number of benzene rings is 1. The van der Waals surface area contributed by atoms with Gasteiger partial charge < -0.3 is 23.7 Å². The Hall–Kier alpha value is -3.26. The summed E-state index contributed by atoms with van der Waals surface area (Å²) in [5, 5.41) is 0. The van der Waals surface area contributed by atoms with Gasteiger partial charge in [0.25, 0.3) is 0 Å². The quantitative estimate of drug-likeness (QED) is 0.127. The van der Waals surface area contributed by atoms with Crippen molar-refractivity contribution in [1.82, 2.24) is 19.6 Å². The Bertz CT molecular complexity index is 1270. The van der Waals surface area contributed by atoms with Crippen molar-refractivity contribution < 1.29 is 42.9 Å². The van der Waals surface area contributed by atoms with Crippen molar-refractivity contribution in [2.75, 3.05) is 85.7 Å². The average molecular weight is 777 g/mol. The van der Waals surface area contributed by atoms with E-state index in [0.717, 1.165) is 37.0 Å². The summed E-state index contributed by atoms with van der Waals surface area (Å²) < 4.78 is 28.2. The van der Waals surface area contributed by atoms with Crippen LogP contribution in [0.5, 0.6) is 5.75 Å². The second kappa shape index (κ2) is 23.1. The molecule has 55 heavy (non-hydrogen) atoms. The van der Waals surface area contributed by atoms with E-state index >= 15 is 0 Å². The summed E-state index contributed by atoms with van der Waals surface area (Å²) in [6.45, 7) is 23.2. The summed E-state index contributed by atoms with van der Waals surface area (Å²) in [6.07, 6.45) is 4.17. The first-order valence-corrected chi connectivity index (χ1v) is 20.0. The van der Waals surface area contributed by atoms with Crippen molar-refractivity contribution in [3.63, 3.8) is 0 Å². The van der Waals surface area contributed by atoms with E-state index in [-0.39, 0.29) is 43.5 Å². The molecular weight excluding hydrogens is 704 g/mol. The first-order valence-electron chi connectivity index (χ1n) is 20.0. The van der Waals surface area contributed by atoms with Gasteiger partial charge in [-0.25, -0.2) is 0 Å². The molecule has 1 aromatic carbocycles. The van der Waals surface area contributed by atoms with E-state index < -0.39 is 22.8 Å². The summed E-state index contributed by atoms with van der Waals surface area (Å²) in [7, 11) is 1.41. The highest BCUT2D eigenvalue weighted by Gasteiger charge is 2.30. The van der Waals surface area contributed by atoms with Crippen LogP contribution >= 0.6 is 0 Å². The summed E-state index contributed by atoms with van der Waals surface area (Å²) in [4.78, 5) is 60.8. The molecule has 1 aliphatic rings. The van der Waals surface area contributed by atoms with Crippen LogP contribution in [0.4, 0.5) is 0 Å². The molecule has 0 N–H and O–H groups in total. The molecule has 0 aromatic heterocycles. The molecule has 0 bridgehead atoms. The van der Waals surface area contributed by atoms with Crippen molar-refractivity contribution in [1.29, 1.82) is 0 Å². The van der Waals surface area contributed by atoms with Crippen molar-refractivity contribution in [3.05, 3.63) is 29.8 Å². The van der Waals surface area contributed by atoms with Crippen molar-refractivity contribution in [2.45, 2.75) is 124 Å². The van der Waals surface area contributed by atoms with Gasteiger partial charge in [0.05, 0.1) is 33.4 Å². The topological polar surface area (TPSA) is 127 Å². The number of methoxy groups -OCH3 is 1. The molecule has 13 nitrogen and oxygen atoms in total. The molecule has 1 saturated heterocycles. The van der Waals surface area contributed by atoms with Crippen molar-refractivity contribution in [3.8, 4) is 5.75 Å². The number of aryl methyl sites for hydroxylation is 1. The molecule has 314 valence electrons. The maximum absolute atomic E-state index is 13.5. The number of carbonyl (C=O) groups excluding carboxylic acids is 4. The predicted molar refractivity (Wildman–Crippen MR) is 214 cm³/mol. The van der Waals surface area contributed by atoms with E-state index in [9.17, 15) is 19.2 Å². The lowest BCUT2D eigenvalue weighted by molar-refractivity contribution is -0.159. The standard InChI is InChI=1S/C42H72N4O9/c1-12-13-29-52-34-19-17-33(18-20-34)15-14-16-35(39(50)51-11)46-27-25-44(31-37(48)54-41(5,6)7)23-21-43(30-36(47)53-40(2,3)4)22-24-45(26-28-46)32-38(49)55-42(8,9)10/h17-20,35H,12-16,21-32H2,1-11H3. The third-order valence-electron chi connectivity index (χ3n) is 8.74. The lowest BCUT2D eigenvalue weighted by atomic mass is 10.0. The van der Waals surface area contributed by atoms with Gasteiger partial charge in [-0.3, -0.25) is 38.8 Å². The lowest BCUT2D eigenvalue weighted by Crippen LogP contribution is -2.52. The van der Waals surface area contributed by atoms with Crippen LogP contribution in [0.3, 0.4) is 0 Å². The number of esters is 4. The molecule has 1 aliphatic heterocycles. The molecule has 0 amide bonds. The predicted octanol–water partition coefficient (Wildman–Crippen LogP) is 4.98. The van der Waals surface area contributed by atoms with Crippen LogP contribution in [0.25, 0.3) is 0 Å². The number of unbranched alkanes of at least 4 members (excludes halogenated alkanes) is 1. The zero-order valence-corrected chi connectivity index (χ0v) is 35.9. The van der Waals surface area contributed by atoms with Gasteiger partial charge in [-0.2, -0.15) is 0 Å². The van der Waals surface area contributed by atoms with Crippen LogP contribution in [0.2, 0.25) is 0 Å². The second-order valence-electron chi connectivity index (χ2n) is 17.4. The van der Waals surface area contributed by atoms with Gasteiger partial charge in [0, 0.05) is 52.4 Å². The maximum atomic E-state index is 13.5. The molecule has 1 unspecified atom stereocenters. The van der Waals surface area contributed by atoms with Gasteiger partial charge in [-0.05, 0) is 106 Å². The van der Waals surface area contributed by atoms with Gasteiger partial charge in [0.15, 0.2) is 0 Å². The fourth-order valence-corrected chi connectivity index (χ4v) is 6.18. The third-order valence-corrected chi connectivity index (χ3v) is 8.74. The van der Waals surface area contributed by atoms with E-state index in [1.165, 1.54) is 7.11 Å². The number of rotatable bonds is 16. The highest BCUT2D eigenvalue weighted by atomic mass is 16.6. The normalized spacial score (nSPS) is 17.0. The number of hydrogen-bond acceptors (Lipinski definition) is 13. The first kappa shape index (κ1) is 47.9. The van der Waals surface area contributed by atoms with Gasteiger partial charge >= 0.3 is 23.9 Å². The van der Waals surface area contributed by atoms with Crippen LogP contribution < -0.4 is 4.74 Å². The zero-order chi connectivity index (χ0) is 41.2. The Kier molecular flexibility index (Phi) is 20.1. The van der Waals surface area contributed by atoms with E-state index in [1.54, 1.807) is 0 Å². The van der Waals surface area contributed by atoms with E-state index in [1.807, 2.05) is 89.1 Å². The minimum Gasteiger partial charge on any atom is -0.494 e. The molecule has 1 heterocycles. The number of carbonyl (C=O) groups is 4. The van der Waals surface area contributed by atoms with Crippen LogP contribution in [0.1, 0.15) is 100 Å². The Morgan fingerprint density at radius 1 is 0.618 bits per heavy atom. The average Bonchev–Trinajstić information content (AvgIpc) is 3.05. The summed E-state index contributed by atoms with van der Waals surface area (Å²) in [5.41, 5.74) is -0.770. The molecule has 0 saturated carbocycles. The number of hydrogen-bond donors (Lipinski definition) is 0. The van der Waals surface area contributed by atoms with Crippen molar-refractivity contribution in [2.24, 2.45) is 0 Å². The molecule has 2 rings (SSSR count). The molecule has 0 radical (unpaired) electrons. The van der Waals surface area contributed by atoms with E-state index in [0.29, 0.717) is 65.4 Å². The second-order valence-corrected chi connectivity index (χ2v) is 17.4. The molecule has 0 aliphatic carbocycles. The first-order chi connectivity index (χ1) is 25.7.